The Morgan fingerprint density at radius 1 is 1.17 bits per heavy atom. The topological polar surface area (TPSA) is 41.5 Å². The highest BCUT2D eigenvalue weighted by Crippen LogP contribution is 2.20. The van der Waals surface area contributed by atoms with Crippen molar-refractivity contribution >= 4 is 15.9 Å². The summed E-state index contributed by atoms with van der Waals surface area (Å²) in [6.07, 6.45) is 0. The summed E-state index contributed by atoms with van der Waals surface area (Å²) >= 11 is 3.38. The molecule has 4 heteroatoms. The predicted molar refractivity (Wildman–Crippen MR) is 78.0 cm³/mol. The fourth-order valence-corrected chi connectivity index (χ4v) is 1.54. The molecule has 0 saturated heterocycles. The molecule has 0 bridgehead atoms. The summed E-state index contributed by atoms with van der Waals surface area (Å²) in [6, 6.07) is 7.74. The van der Waals surface area contributed by atoms with Gasteiger partial charge in [0.2, 0.25) is 0 Å². The lowest BCUT2D eigenvalue weighted by molar-refractivity contribution is -0.00550. The van der Waals surface area contributed by atoms with Crippen molar-refractivity contribution in [1.29, 1.82) is 0 Å². The van der Waals surface area contributed by atoms with Crippen molar-refractivity contribution in [3.8, 4) is 5.75 Å². The minimum Gasteiger partial charge on any atom is -0.492 e. The van der Waals surface area contributed by atoms with Crippen molar-refractivity contribution in [2.75, 3.05) is 13.2 Å². The first-order valence-corrected chi connectivity index (χ1v) is 6.87. The van der Waals surface area contributed by atoms with E-state index in [0.717, 1.165) is 10.2 Å². The van der Waals surface area contributed by atoms with E-state index in [1.54, 1.807) is 13.8 Å². The summed E-state index contributed by atoms with van der Waals surface area (Å²) in [5.41, 5.74) is -1.12. The Bertz CT molecular complexity index is 368. The van der Waals surface area contributed by atoms with Gasteiger partial charge in [0.15, 0.2) is 0 Å². The second-order valence-corrected chi connectivity index (χ2v) is 6.33. The van der Waals surface area contributed by atoms with Gasteiger partial charge in [0, 0.05) is 16.6 Å². The summed E-state index contributed by atoms with van der Waals surface area (Å²) in [5, 5.41) is 13.3. The first-order valence-electron chi connectivity index (χ1n) is 6.08. The van der Waals surface area contributed by atoms with E-state index in [1.807, 2.05) is 38.1 Å². The van der Waals surface area contributed by atoms with E-state index in [1.165, 1.54) is 0 Å². The first kappa shape index (κ1) is 15.5. The zero-order valence-electron chi connectivity index (χ0n) is 11.5. The minimum atomic E-state index is -0.773. The average Bonchev–Trinajstić information content (AvgIpc) is 2.25. The predicted octanol–water partition coefficient (Wildman–Crippen LogP) is 2.97. The highest BCUT2D eigenvalue weighted by molar-refractivity contribution is 9.10. The lowest BCUT2D eigenvalue weighted by Gasteiger charge is -2.38. The Morgan fingerprint density at radius 2 is 1.72 bits per heavy atom. The fourth-order valence-electron chi connectivity index (χ4n) is 1.28. The Kier molecular flexibility index (Phi) is 5.20. The molecule has 0 unspecified atom stereocenters. The van der Waals surface area contributed by atoms with Crippen LogP contribution >= 0.6 is 15.9 Å². The SMILES string of the molecule is CC(C)(O)C(C)(C)NCCOc1ccc(Br)cc1. The normalized spacial score (nSPS) is 12.6. The van der Waals surface area contributed by atoms with Gasteiger partial charge in [0.1, 0.15) is 12.4 Å². The number of nitrogens with one attached hydrogen (secondary N) is 1. The van der Waals surface area contributed by atoms with E-state index >= 15 is 0 Å². The molecule has 102 valence electrons. The lowest BCUT2D eigenvalue weighted by atomic mass is 9.86. The highest BCUT2D eigenvalue weighted by Gasteiger charge is 2.34. The Hall–Kier alpha value is -0.580. The quantitative estimate of drug-likeness (QED) is 0.793. The van der Waals surface area contributed by atoms with Crippen LogP contribution < -0.4 is 10.1 Å². The van der Waals surface area contributed by atoms with Crippen LogP contribution in [0.4, 0.5) is 0 Å². The van der Waals surface area contributed by atoms with Crippen LogP contribution in [0, 0.1) is 0 Å². The number of rotatable bonds is 6. The molecule has 0 aliphatic carbocycles. The molecular weight excluding hydrogens is 294 g/mol. The molecule has 0 atom stereocenters. The second-order valence-electron chi connectivity index (χ2n) is 5.41. The van der Waals surface area contributed by atoms with Crippen molar-refractivity contribution in [2.45, 2.75) is 38.8 Å². The molecule has 1 aromatic rings. The summed E-state index contributed by atoms with van der Waals surface area (Å²) in [6.45, 7) is 8.82. The van der Waals surface area contributed by atoms with Gasteiger partial charge in [-0.3, -0.25) is 0 Å². The van der Waals surface area contributed by atoms with Gasteiger partial charge in [-0.2, -0.15) is 0 Å². The Morgan fingerprint density at radius 3 is 2.22 bits per heavy atom. The van der Waals surface area contributed by atoms with E-state index < -0.39 is 5.60 Å². The van der Waals surface area contributed by atoms with Crippen LogP contribution in [0.1, 0.15) is 27.7 Å². The molecule has 0 radical (unpaired) electrons. The molecule has 1 rings (SSSR count). The fraction of sp³-hybridized carbons (Fsp3) is 0.571. The van der Waals surface area contributed by atoms with Crippen LogP contribution in [0.25, 0.3) is 0 Å². The maximum atomic E-state index is 9.98. The van der Waals surface area contributed by atoms with Gasteiger partial charge < -0.3 is 15.2 Å². The molecule has 0 saturated carbocycles. The van der Waals surface area contributed by atoms with Gasteiger partial charge in [-0.05, 0) is 52.0 Å². The van der Waals surface area contributed by atoms with E-state index in [-0.39, 0.29) is 5.54 Å². The lowest BCUT2D eigenvalue weighted by Crippen LogP contribution is -2.56. The smallest absolute Gasteiger partial charge is 0.119 e. The van der Waals surface area contributed by atoms with E-state index in [2.05, 4.69) is 21.2 Å². The number of ether oxygens (including phenoxy) is 1. The molecular formula is C14H22BrNO2. The minimum absolute atomic E-state index is 0.351. The number of halogens is 1. The molecule has 0 heterocycles. The van der Waals surface area contributed by atoms with Gasteiger partial charge in [0.25, 0.3) is 0 Å². The van der Waals surface area contributed by atoms with Crippen molar-refractivity contribution in [2.24, 2.45) is 0 Å². The maximum Gasteiger partial charge on any atom is 0.119 e. The van der Waals surface area contributed by atoms with Crippen molar-refractivity contribution in [1.82, 2.24) is 5.32 Å². The van der Waals surface area contributed by atoms with E-state index in [4.69, 9.17) is 4.74 Å². The zero-order chi connectivity index (χ0) is 13.8. The van der Waals surface area contributed by atoms with Crippen molar-refractivity contribution < 1.29 is 9.84 Å². The molecule has 0 amide bonds. The molecule has 18 heavy (non-hydrogen) atoms. The summed E-state index contributed by atoms with van der Waals surface area (Å²) in [4.78, 5) is 0. The van der Waals surface area contributed by atoms with Crippen LogP contribution in [0.3, 0.4) is 0 Å². The first-order chi connectivity index (χ1) is 8.22. The monoisotopic (exact) mass is 315 g/mol. The third-order valence-electron chi connectivity index (χ3n) is 3.28. The zero-order valence-corrected chi connectivity index (χ0v) is 13.0. The van der Waals surface area contributed by atoms with Gasteiger partial charge in [-0.15, -0.1) is 0 Å². The molecule has 1 aromatic carbocycles. The van der Waals surface area contributed by atoms with Gasteiger partial charge in [-0.25, -0.2) is 0 Å². The molecule has 0 fully saturated rings. The molecule has 0 aliphatic rings. The van der Waals surface area contributed by atoms with E-state index in [9.17, 15) is 5.11 Å². The number of aliphatic hydroxyl groups is 1. The van der Waals surface area contributed by atoms with Crippen molar-refractivity contribution in [3.63, 3.8) is 0 Å². The third-order valence-corrected chi connectivity index (χ3v) is 3.81. The molecule has 0 spiro atoms. The van der Waals surface area contributed by atoms with Crippen LogP contribution in [-0.4, -0.2) is 29.4 Å². The van der Waals surface area contributed by atoms with Gasteiger partial charge in [-0.1, -0.05) is 15.9 Å². The second kappa shape index (κ2) is 6.04. The van der Waals surface area contributed by atoms with Crippen LogP contribution in [0.5, 0.6) is 5.75 Å². The summed E-state index contributed by atoms with van der Waals surface area (Å²) in [5.74, 6) is 0.848. The number of hydrogen-bond donors (Lipinski definition) is 2. The molecule has 3 nitrogen and oxygen atoms in total. The Balaban J connectivity index is 2.33. The maximum absolute atomic E-state index is 9.98. The number of benzene rings is 1. The van der Waals surface area contributed by atoms with Crippen LogP contribution in [0.15, 0.2) is 28.7 Å². The summed E-state index contributed by atoms with van der Waals surface area (Å²) in [7, 11) is 0. The summed E-state index contributed by atoms with van der Waals surface area (Å²) < 4.78 is 6.64. The number of hydrogen-bond acceptors (Lipinski definition) is 3. The standard InChI is InChI=1S/C14H22BrNO2/c1-13(2,14(3,4)17)16-9-10-18-12-7-5-11(15)6-8-12/h5-8,16-17H,9-10H2,1-4H3. The van der Waals surface area contributed by atoms with E-state index in [0.29, 0.717) is 13.2 Å². The third kappa shape index (κ3) is 4.59. The largest absolute Gasteiger partial charge is 0.492 e. The highest BCUT2D eigenvalue weighted by atomic mass is 79.9. The molecule has 2 N–H and O–H groups in total. The van der Waals surface area contributed by atoms with Crippen LogP contribution in [-0.2, 0) is 0 Å². The van der Waals surface area contributed by atoms with Crippen LogP contribution in [0.2, 0.25) is 0 Å². The molecule has 0 aromatic heterocycles. The molecule has 0 aliphatic heterocycles. The van der Waals surface area contributed by atoms with Gasteiger partial charge in [0.05, 0.1) is 5.60 Å². The average molecular weight is 316 g/mol. The van der Waals surface area contributed by atoms with Gasteiger partial charge >= 0.3 is 0 Å². The van der Waals surface area contributed by atoms with Crippen molar-refractivity contribution in [3.05, 3.63) is 28.7 Å². The Labute approximate surface area is 118 Å².